The number of halogens is 1. The molecule has 2 heterocycles. The second-order valence-electron chi connectivity index (χ2n) is 6.92. The molecule has 0 bridgehead atoms. The lowest BCUT2D eigenvalue weighted by Gasteiger charge is -2.12. The van der Waals surface area contributed by atoms with Crippen LogP contribution in [0.2, 0.25) is 5.15 Å². The molecular formula is C20H23ClN6O2S. The molecule has 0 radical (unpaired) electrons. The summed E-state index contributed by atoms with van der Waals surface area (Å²) in [6.07, 6.45) is 0.549. The summed E-state index contributed by atoms with van der Waals surface area (Å²) >= 11 is 6.00. The van der Waals surface area contributed by atoms with Gasteiger partial charge in [0, 0.05) is 11.7 Å². The average molecular weight is 447 g/mol. The number of anilines is 3. The first-order valence-corrected chi connectivity index (χ1v) is 11.6. The van der Waals surface area contributed by atoms with Crippen LogP contribution < -0.4 is 10.6 Å². The molecule has 0 fully saturated rings. The predicted molar refractivity (Wildman–Crippen MR) is 119 cm³/mol. The van der Waals surface area contributed by atoms with Crippen molar-refractivity contribution in [2.24, 2.45) is 0 Å². The van der Waals surface area contributed by atoms with Crippen molar-refractivity contribution < 1.29 is 8.42 Å². The van der Waals surface area contributed by atoms with E-state index < -0.39 is 9.84 Å². The highest BCUT2D eigenvalue weighted by Gasteiger charge is 2.15. The molecule has 0 saturated carbocycles. The van der Waals surface area contributed by atoms with Gasteiger partial charge < -0.3 is 10.6 Å². The molecule has 0 aliphatic heterocycles. The lowest BCUT2D eigenvalue weighted by molar-refractivity contribution is 0.595. The van der Waals surface area contributed by atoms with Gasteiger partial charge in [-0.25, -0.2) is 13.4 Å². The summed E-state index contributed by atoms with van der Waals surface area (Å²) in [5.41, 5.74) is 1.05. The number of pyridine rings is 1. The van der Waals surface area contributed by atoms with Crippen molar-refractivity contribution in [3.8, 4) is 11.5 Å². The molecule has 2 aromatic heterocycles. The molecule has 3 aromatic rings. The Balaban J connectivity index is 1.98. The maximum atomic E-state index is 12.4. The van der Waals surface area contributed by atoms with E-state index in [2.05, 4.69) is 30.6 Å². The number of nitrogens with one attached hydrogen (secondary N) is 2. The largest absolute Gasteiger partial charge is 0.352 e. The van der Waals surface area contributed by atoms with Crippen LogP contribution in [-0.2, 0) is 9.84 Å². The Labute approximate surface area is 181 Å². The summed E-state index contributed by atoms with van der Waals surface area (Å²) in [5.74, 6) is 1.06. The SMILES string of the molecule is CCCS(=O)(=O)c1cccc(Nc2nc(NC(C)C)nc(-c3cccc(Cl)n3)n2)c1. The molecule has 2 N–H and O–H groups in total. The molecule has 0 spiro atoms. The fraction of sp³-hybridized carbons (Fsp3) is 0.300. The lowest BCUT2D eigenvalue weighted by Crippen LogP contribution is -2.14. The van der Waals surface area contributed by atoms with Crippen molar-refractivity contribution in [1.29, 1.82) is 0 Å². The average Bonchev–Trinajstić information content (AvgIpc) is 2.67. The Bertz CT molecular complexity index is 1140. The first kappa shape index (κ1) is 21.9. The van der Waals surface area contributed by atoms with Crippen LogP contribution in [0.5, 0.6) is 0 Å². The summed E-state index contributed by atoms with van der Waals surface area (Å²) in [6, 6.07) is 11.9. The van der Waals surface area contributed by atoms with E-state index in [0.29, 0.717) is 34.7 Å². The van der Waals surface area contributed by atoms with Gasteiger partial charge in [0.1, 0.15) is 10.8 Å². The summed E-state index contributed by atoms with van der Waals surface area (Å²) in [6.45, 7) is 5.77. The van der Waals surface area contributed by atoms with Crippen molar-refractivity contribution >= 4 is 39.0 Å². The molecule has 0 aliphatic carbocycles. The molecule has 3 rings (SSSR count). The van der Waals surface area contributed by atoms with E-state index in [1.54, 1.807) is 42.5 Å². The van der Waals surface area contributed by atoms with Gasteiger partial charge in [0.15, 0.2) is 15.7 Å². The van der Waals surface area contributed by atoms with Gasteiger partial charge in [-0.15, -0.1) is 0 Å². The topological polar surface area (TPSA) is 110 Å². The third-order valence-corrected chi connectivity index (χ3v) is 6.05. The van der Waals surface area contributed by atoms with E-state index in [0.717, 1.165) is 0 Å². The van der Waals surface area contributed by atoms with Gasteiger partial charge in [-0.1, -0.05) is 30.7 Å². The third-order valence-electron chi connectivity index (χ3n) is 3.92. The Morgan fingerprint density at radius 3 is 2.43 bits per heavy atom. The zero-order valence-electron chi connectivity index (χ0n) is 16.9. The minimum Gasteiger partial charge on any atom is -0.352 e. The van der Waals surface area contributed by atoms with Crippen LogP contribution >= 0.6 is 11.6 Å². The van der Waals surface area contributed by atoms with Gasteiger partial charge in [0.2, 0.25) is 11.9 Å². The monoisotopic (exact) mass is 446 g/mol. The van der Waals surface area contributed by atoms with Crippen molar-refractivity contribution in [3.05, 3.63) is 47.6 Å². The minimum atomic E-state index is -3.34. The maximum absolute atomic E-state index is 12.4. The smallest absolute Gasteiger partial charge is 0.232 e. The number of hydrogen-bond donors (Lipinski definition) is 2. The van der Waals surface area contributed by atoms with Gasteiger partial charge in [0.25, 0.3) is 0 Å². The predicted octanol–water partition coefficient (Wildman–Crippen LogP) is 4.33. The molecule has 1 aromatic carbocycles. The Kier molecular flexibility index (Phi) is 6.84. The van der Waals surface area contributed by atoms with E-state index in [4.69, 9.17) is 11.6 Å². The summed E-state index contributed by atoms with van der Waals surface area (Å²) < 4.78 is 24.8. The Morgan fingerprint density at radius 1 is 1.00 bits per heavy atom. The van der Waals surface area contributed by atoms with Crippen molar-refractivity contribution in [2.75, 3.05) is 16.4 Å². The van der Waals surface area contributed by atoms with E-state index in [1.165, 1.54) is 0 Å². The van der Waals surface area contributed by atoms with E-state index in [-0.39, 0.29) is 22.6 Å². The second kappa shape index (κ2) is 9.36. The number of hydrogen-bond acceptors (Lipinski definition) is 8. The fourth-order valence-electron chi connectivity index (χ4n) is 2.68. The fourth-order valence-corrected chi connectivity index (χ4v) is 4.21. The van der Waals surface area contributed by atoms with Gasteiger partial charge >= 0.3 is 0 Å². The van der Waals surface area contributed by atoms with Gasteiger partial charge in [-0.05, 0) is 50.6 Å². The molecule has 0 atom stereocenters. The zero-order valence-corrected chi connectivity index (χ0v) is 18.5. The van der Waals surface area contributed by atoms with Gasteiger partial charge in [-0.3, -0.25) is 0 Å². The molecule has 0 saturated heterocycles. The van der Waals surface area contributed by atoms with Crippen molar-refractivity contribution in [2.45, 2.75) is 38.1 Å². The first-order chi connectivity index (χ1) is 14.3. The number of sulfone groups is 1. The van der Waals surface area contributed by atoms with E-state index in [1.807, 2.05) is 20.8 Å². The summed E-state index contributed by atoms with van der Waals surface area (Å²) in [5, 5.41) is 6.55. The third kappa shape index (κ3) is 5.64. The lowest BCUT2D eigenvalue weighted by atomic mass is 10.3. The quantitative estimate of drug-likeness (QED) is 0.492. The highest BCUT2D eigenvalue weighted by atomic mass is 35.5. The van der Waals surface area contributed by atoms with Crippen LogP contribution in [0.15, 0.2) is 47.4 Å². The minimum absolute atomic E-state index is 0.0925. The van der Waals surface area contributed by atoms with Gasteiger partial charge in [-0.2, -0.15) is 15.0 Å². The zero-order chi connectivity index (χ0) is 21.7. The molecular weight excluding hydrogens is 424 g/mol. The molecule has 8 nitrogen and oxygen atoms in total. The Hall–Kier alpha value is -2.78. The highest BCUT2D eigenvalue weighted by molar-refractivity contribution is 7.91. The van der Waals surface area contributed by atoms with E-state index >= 15 is 0 Å². The van der Waals surface area contributed by atoms with Crippen molar-refractivity contribution in [1.82, 2.24) is 19.9 Å². The summed E-state index contributed by atoms with van der Waals surface area (Å²) in [7, 11) is -3.34. The number of rotatable bonds is 8. The standard InChI is InChI=1S/C20H23ClN6O2S/c1-4-11-30(28,29)15-8-5-7-14(12-15)23-20-26-18(16-9-6-10-17(21)24-16)25-19(27-20)22-13(2)3/h5-10,12-13H,4,11H2,1-3H3,(H2,22,23,25,26,27). The van der Waals surface area contributed by atoms with Crippen LogP contribution in [-0.4, -0.2) is 40.1 Å². The van der Waals surface area contributed by atoms with E-state index in [9.17, 15) is 8.42 Å². The normalized spacial score (nSPS) is 11.5. The summed E-state index contributed by atoms with van der Waals surface area (Å²) in [4.78, 5) is 17.7. The number of aromatic nitrogens is 4. The van der Waals surface area contributed by atoms with Crippen LogP contribution in [0.3, 0.4) is 0 Å². The van der Waals surface area contributed by atoms with Crippen LogP contribution in [0.1, 0.15) is 27.2 Å². The molecule has 10 heteroatoms. The van der Waals surface area contributed by atoms with Crippen molar-refractivity contribution in [3.63, 3.8) is 0 Å². The van der Waals surface area contributed by atoms with Gasteiger partial charge in [0.05, 0.1) is 10.6 Å². The van der Waals surface area contributed by atoms with Crippen LogP contribution in [0.4, 0.5) is 17.6 Å². The highest BCUT2D eigenvalue weighted by Crippen LogP contribution is 2.23. The van der Waals surface area contributed by atoms with Crippen LogP contribution in [0.25, 0.3) is 11.5 Å². The second-order valence-corrected chi connectivity index (χ2v) is 9.42. The number of benzene rings is 1. The molecule has 0 amide bonds. The number of nitrogens with zero attached hydrogens (tertiary/aromatic N) is 4. The molecule has 158 valence electrons. The first-order valence-electron chi connectivity index (χ1n) is 9.52. The molecule has 30 heavy (non-hydrogen) atoms. The molecule has 0 unspecified atom stereocenters. The Morgan fingerprint density at radius 2 is 1.73 bits per heavy atom. The molecule has 0 aliphatic rings. The maximum Gasteiger partial charge on any atom is 0.232 e. The van der Waals surface area contributed by atoms with Crippen LogP contribution in [0, 0.1) is 0 Å².